The summed E-state index contributed by atoms with van der Waals surface area (Å²) in [5.74, 6) is -0.0379. The Morgan fingerprint density at radius 1 is 1.23 bits per heavy atom. The molecule has 1 amide bonds. The number of nitrogens with two attached hydrogens (primary N) is 1. The Hall–Kier alpha value is -1.18. The van der Waals surface area contributed by atoms with Gasteiger partial charge in [-0.05, 0) is 57.2 Å². The Bertz CT molecular complexity index is 531. The van der Waals surface area contributed by atoms with E-state index < -0.39 is 12.3 Å². The highest BCUT2D eigenvalue weighted by atomic mass is 35.5. The summed E-state index contributed by atoms with van der Waals surface area (Å²) >= 11 is 5.91. The van der Waals surface area contributed by atoms with E-state index in [1.807, 2.05) is 43.0 Å². The molecule has 148 valence electrons. The lowest BCUT2D eigenvalue weighted by atomic mass is 9.90. The number of halogens is 1. The van der Waals surface area contributed by atoms with Crippen LogP contribution < -0.4 is 11.9 Å². The number of carbonyl (C=O) groups is 1. The van der Waals surface area contributed by atoms with Crippen LogP contribution in [0.15, 0.2) is 24.3 Å². The molecule has 1 saturated carbocycles. The van der Waals surface area contributed by atoms with Crippen LogP contribution in [0, 0.1) is 0 Å². The summed E-state index contributed by atoms with van der Waals surface area (Å²) < 4.78 is 11.2. The van der Waals surface area contributed by atoms with Crippen molar-refractivity contribution in [1.82, 2.24) is 11.1 Å². The van der Waals surface area contributed by atoms with Crippen LogP contribution in [0.3, 0.4) is 0 Å². The topological polar surface area (TPSA) is 99.8 Å². The zero-order chi connectivity index (χ0) is 18.2. The number of ether oxygens (including phenoxy) is 2. The lowest BCUT2D eigenvalue weighted by Crippen LogP contribution is -2.54. The van der Waals surface area contributed by atoms with Gasteiger partial charge in [0.1, 0.15) is 0 Å². The maximum absolute atomic E-state index is 13.0. The number of rotatable bonds is 10. The van der Waals surface area contributed by atoms with Gasteiger partial charge < -0.3 is 26.3 Å². The second-order valence-electron chi connectivity index (χ2n) is 6.35. The Morgan fingerprint density at radius 3 is 2.27 bits per heavy atom. The molecule has 0 spiro atoms. The molecule has 2 rings (SSSR count). The minimum Gasteiger partial charge on any atom is -0.351 e. The van der Waals surface area contributed by atoms with Crippen molar-refractivity contribution >= 4 is 17.5 Å². The highest BCUT2D eigenvalue weighted by molar-refractivity contribution is 6.30. The van der Waals surface area contributed by atoms with Crippen molar-refractivity contribution in [1.29, 1.82) is 0 Å². The average molecular weight is 386 g/mol. The molecule has 1 atom stereocenters. The first-order valence-corrected chi connectivity index (χ1v) is 9.46. The van der Waals surface area contributed by atoms with Gasteiger partial charge in [-0.15, -0.1) is 0 Å². The van der Waals surface area contributed by atoms with Gasteiger partial charge in [-0.1, -0.05) is 23.7 Å². The van der Waals surface area contributed by atoms with Crippen LogP contribution >= 0.6 is 11.6 Å². The van der Waals surface area contributed by atoms with Gasteiger partial charge in [0.15, 0.2) is 6.29 Å². The van der Waals surface area contributed by atoms with Gasteiger partial charge >= 0.3 is 0 Å². The van der Waals surface area contributed by atoms with Crippen molar-refractivity contribution in [2.24, 2.45) is 5.73 Å². The van der Waals surface area contributed by atoms with E-state index in [4.69, 9.17) is 26.8 Å². The van der Waals surface area contributed by atoms with E-state index in [0.717, 1.165) is 24.8 Å². The molecule has 7 heteroatoms. The maximum Gasteiger partial charge on any atom is 0.240 e. The SMILES string of the molecule is CCOC(CN(C(=O)C(N)Cc1ccc(Cl)cc1)C1CCC1)OCC.N. The fourth-order valence-electron chi connectivity index (χ4n) is 2.98. The smallest absolute Gasteiger partial charge is 0.240 e. The first-order valence-electron chi connectivity index (χ1n) is 9.08. The number of nitrogens with zero attached hydrogens (tertiary/aromatic N) is 1. The maximum atomic E-state index is 13.0. The van der Waals surface area contributed by atoms with Crippen molar-refractivity contribution in [2.45, 2.75) is 57.9 Å². The number of amides is 1. The Morgan fingerprint density at radius 2 is 1.81 bits per heavy atom. The van der Waals surface area contributed by atoms with E-state index in [9.17, 15) is 4.79 Å². The van der Waals surface area contributed by atoms with E-state index >= 15 is 0 Å². The first-order chi connectivity index (χ1) is 12.0. The molecule has 5 N–H and O–H groups in total. The highest BCUT2D eigenvalue weighted by Gasteiger charge is 2.33. The van der Waals surface area contributed by atoms with Gasteiger partial charge in [-0.3, -0.25) is 4.79 Å². The molecule has 0 aliphatic heterocycles. The molecule has 0 heterocycles. The summed E-state index contributed by atoms with van der Waals surface area (Å²) in [6, 6.07) is 7.12. The molecule has 26 heavy (non-hydrogen) atoms. The molecule has 0 saturated heterocycles. The first kappa shape index (κ1) is 22.9. The van der Waals surface area contributed by atoms with Crippen LogP contribution in [0.25, 0.3) is 0 Å². The molecule has 0 radical (unpaired) electrons. The number of carbonyl (C=O) groups excluding carboxylic acids is 1. The Balaban J connectivity index is 0.00000338. The average Bonchev–Trinajstić information content (AvgIpc) is 2.54. The lowest BCUT2D eigenvalue weighted by molar-refractivity contribution is -0.165. The highest BCUT2D eigenvalue weighted by Crippen LogP contribution is 2.26. The normalized spacial score (nSPS) is 15.3. The van der Waals surface area contributed by atoms with Gasteiger partial charge in [-0.2, -0.15) is 0 Å². The van der Waals surface area contributed by atoms with Crippen molar-refractivity contribution in [3.63, 3.8) is 0 Å². The zero-order valence-electron chi connectivity index (χ0n) is 15.8. The predicted molar refractivity (Wildman–Crippen MR) is 105 cm³/mol. The summed E-state index contributed by atoms with van der Waals surface area (Å²) in [7, 11) is 0. The number of hydrogen-bond acceptors (Lipinski definition) is 5. The van der Waals surface area contributed by atoms with Crippen LogP contribution in [0.4, 0.5) is 0 Å². The van der Waals surface area contributed by atoms with E-state index in [1.165, 1.54) is 0 Å². The van der Waals surface area contributed by atoms with Crippen LogP contribution in [-0.2, 0) is 20.7 Å². The molecular weight excluding hydrogens is 354 g/mol. The third-order valence-electron chi connectivity index (χ3n) is 4.54. The van der Waals surface area contributed by atoms with Crippen molar-refractivity contribution in [2.75, 3.05) is 19.8 Å². The van der Waals surface area contributed by atoms with E-state index in [-0.39, 0.29) is 18.1 Å². The van der Waals surface area contributed by atoms with E-state index in [1.54, 1.807) is 0 Å². The van der Waals surface area contributed by atoms with Crippen LogP contribution in [0.2, 0.25) is 5.02 Å². The third-order valence-corrected chi connectivity index (χ3v) is 4.79. The summed E-state index contributed by atoms with van der Waals surface area (Å²) in [5, 5.41) is 0.677. The largest absolute Gasteiger partial charge is 0.351 e. The monoisotopic (exact) mass is 385 g/mol. The summed E-state index contributed by atoms with van der Waals surface area (Å²) in [6.07, 6.45) is 3.28. The van der Waals surface area contributed by atoms with Crippen molar-refractivity contribution in [3.8, 4) is 0 Å². The minimum absolute atomic E-state index is 0. The van der Waals surface area contributed by atoms with Crippen LogP contribution in [0.1, 0.15) is 38.7 Å². The second kappa shape index (κ2) is 11.5. The predicted octanol–water partition coefficient (Wildman–Crippen LogP) is 3.15. The standard InChI is InChI=1S/C19H29ClN2O3.H3N/c1-3-24-18(25-4-2)13-22(16-6-5-7-16)19(23)17(21)12-14-8-10-15(20)11-9-14;/h8-11,16-18H,3-7,12-13,21H2,1-2H3;1H3. The van der Waals surface area contributed by atoms with Crippen LogP contribution in [0.5, 0.6) is 0 Å². The molecule has 0 bridgehead atoms. The zero-order valence-corrected chi connectivity index (χ0v) is 16.6. The summed E-state index contributed by atoms with van der Waals surface area (Å²) in [6.45, 7) is 5.38. The van der Waals surface area contributed by atoms with Gasteiger partial charge in [0, 0.05) is 24.3 Å². The molecule has 1 fully saturated rings. The summed E-state index contributed by atoms with van der Waals surface area (Å²) in [5.41, 5.74) is 7.23. The van der Waals surface area contributed by atoms with E-state index in [2.05, 4.69) is 0 Å². The summed E-state index contributed by atoms with van der Waals surface area (Å²) in [4.78, 5) is 14.8. The molecule has 1 aromatic rings. The van der Waals surface area contributed by atoms with Gasteiger partial charge in [0.25, 0.3) is 0 Å². The molecule has 1 aliphatic carbocycles. The van der Waals surface area contributed by atoms with Gasteiger partial charge in [0.2, 0.25) is 5.91 Å². The molecular formula is C19H32ClN3O3. The number of hydrogen-bond donors (Lipinski definition) is 2. The fourth-order valence-corrected chi connectivity index (χ4v) is 3.10. The lowest BCUT2D eigenvalue weighted by Gasteiger charge is -2.40. The van der Waals surface area contributed by atoms with Crippen molar-refractivity contribution in [3.05, 3.63) is 34.9 Å². The fraction of sp³-hybridized carbons (Fsp3) is 0.632. The molecule has 1 unspecified atom stereocenters. The van der Waals surface area contributed by atoms with E-state index in [0.29, 0.717) is 31.2 Å². The second-order valence-corrected chi connectivity index (χ2v) is 6.79. The Labute approximate surface area is 161 Å². The minimum atomic E-state index is -0.578. The number of benzene rings is 1. The molecule has 1 aromatic carbocycles. The molecule has 0 aromatic heterocycles. The Kier molecular flexibility index (Phi) is 10.1. The molecule has 6 nitrogen and oxygen atoms in total. The molecule has 1 aliphatic rings. The quantitative estimate of drug-likeness (QED) is 0.602. The van der Waals surface area contributed by atoms with Crippen molar-refractivity contribution < 1.29 is 14.3 Å². The van der Waals surface area contributed by atoms with Gasteiger partial charge in [0.05, 0.1) is 12.6 Å². The van der Waals surface area contributed by atoms with Crippen LogP contribution in [-0.4, -0.2) is 48.9 Å². The van der Waals surface area contributed by atoms with Gasteiger partial charge in [-0.25, -0.2) is 0 Å². The third kappa shape index (κ3) is 6.52.